The fourth-order valence-corrected chi connectivity index (χ4v) is 5.68. The Morgan fingerprint density at radius 2 is 1.89 bits per heavy atom. The number of amides is 1. The third kappa shape index (κ3) is 3.14. The number of carbonyl (C=O) groups is 1. The zero-order valence-electron chi connectivity index (χ0n) is 16.2. The molecule has 0 unspecified atom stereocenters. The molecule has 2 fully saturated rings. The molecule has 28 heavy (non-hydrogen) atoms. The molecular weight excluding hydrogens is 372 g/mol. The lowest BCUT2D eigenvalue weighted by Gasteiger charge is -2.33. The van der Waals surface area contributed by atoms with Crippen LogP contribution in [0, 0.1) is 0 Å². The molecule has 0 bridgehead atoms. The molecule has 2 aromatic rings. The van der Waals surface area contributed by atoms with Gasteiger partial charge in [-0.3, -0.25) is 4.79 Å². The molecule has 0 atom stereocenters. The average molecular weight is 399 g/mol. The minimum atomic E-state index is -0.141. The summed E-state index contributed by atoms with van der Waals surface area (Å²) in [6.45, 7) is 4.04. The van der Waals surface area contributed by atoms with Gasteiger partial charge in [-0.2, -0.15) is 0 Å². The van der Waals surface area contributed by atoms with Crippen molar-refractivity contribution in [1.82, 2.24) is 20.2 Å². The number of piperazine rings is 1. The number of nitrogens with zero attached hydrogens (tertiary/aromatic N) is 4. The van der Waals surface area contributed by atoms with Crippen molar-refractivity contribution in [2.24, 2.45) is 0 Å². The summed E-state index contributed by atoms with van der Waals surface area (Å²) < 4.78 is 0. The maximum Gasteiger partial charge on any atom is 0.262 e. The van der Waals surface area contributed by atoms with Crippen molar-refractivity contribution in [3.63, 3.8) is 0 Å². The van der Waals surface area contributed by atoms with Gasteiger partial charge in [-0.15, -0.1) is 11.3 Å². The van der Waals surface area contributed by atoms with Crippen LogP contribution in [0.3, 0.4) is 0 Å². The molecule has 4 heterocycles. The second-order valence-electron chi connectivity index (χ2n) is 8.13. The van der Waals surface area contributed by atoms with E-state index in [1.165, 1.54) is 36.2 Å². The monoisotopic (exact) mass is 398 g/mol. The summed E-state index contributed by atoms with van der Waals surface area (Å²) >= 11 is 1.53. The first-order chi connectivity index (χ1) is 13.6. The SMILES string of the molecule is CN1CCN(c2cc(Nc3cc4c(s3)C(=O)NC43CCCCC3)ncn2)CC1. The number of aromatic nitrogens is 2. The van der Waals surface area contributed by atoms with Crippen molar-refractivity contribution < 1.29 is 4.79 Å². The zero-order chi connectivity index (χ0) is 19.1. The molecule has 2 aromatic heterocycles. The Kier molecular flexibility index (Phi) is 4.47. The number of rotatable bonds is 3. The van der Waals surface area contributed by atoms with Crippen LogP contribution < -0.4 is 15.5 Å². The van der Waals surface area contributed by atoms with E-state index in [2.05, 4.69) is 43.5 Å². The molecule has 148 valence electrons. The first-order valence-corrected chi connectivity index (χ1v) is 10.9. The summed E-state index contributed by atoms with van der Waals surface area (Å²) in [6, 6.07) is 4.16. The van der Waals surface area contributed by atoms with Crippen LogP contribution in [0.25, 0.3) is 0 Å². The summed E-state index contributed by atoms with van der Waals surface area (Å²) in [5.74, 6) is 1.81. The van der Waals surface area contributed by atoms with Crippen LogP contribution in [0.1, 0.15) is 47.3 Å². The van der Waals surface area contributed by atoms with E-state index in [0.717, 1.165) is 60.5 Å². The van der Waals surface area contributed by atoms with Crippen LogP contribution in [0.2, 0.25) is 0 Å². The molecule has 3 aliphatic rings. The molecule has 7 nitrogen and oxygen atoms in total. The average Bonchev–Trinajstić information content (AvgIpc) is 3.23. The number of thiophene rings is 1. The van der Waals surface area contributed by atoms with E-state index < -0.39 is 0 Å². The Morgan fingerprint density at radius 1 is 1.11 bits per heavy atom. The first-order valence-electron chi connectivity index (χ1n) is 10.1. The molecule has 0 radical (unpaired) electrons. The summed E-state index contributed by atoms with van der Waals surface area (Å²) in [5, 5.41) is 7.66. The number of carbonyl (C=O) groups excluding carboxylic acids is 1. The summed E-state index contributed by atoms with van der Waals surface area (Å²) in [6.07, 6.45) is 7.33. The largest absolute Gasteiger partial charge is 0.354 e. The predicted octanol–water partition coefficient (Wildman–Crippen LogP) is 2.94. The molecule has 2 aliphatic heterocycles. The highest BCUT2D eigenvalue weighted by Crippen LogP contribution is 2.47. The minimum Gasteiger partial charge on any atom is -0.354 e. The van der Waals surface area contributed by atoms with Crippen LogP contribution in [-0.2, 0) is 5.54 Å². The number of fused-ring (bicyclic) bond motifs is 2. The molecule has 0 aromatic carbocycles. The molecule has 8 heteroatoms. The normalized spacial score (nSPS) is 21.6. The van der Waals surface area contributed by atoms with Crippen LogP contribution in [0.5, 0.6) is 0 Å². The van der Waals surface area contributed by atoms with E-state index in [-0.39, 0.29) is 11.4 Å². The molecule has 2 N–H and O–H groups in total. The van der Waals surface area contributed by atoms with Crippen LogP contribution >= 0.6 is 11.3 Å². The summed E-state index contributed by atoms with van der Waals surface area (Å²) in [4.78, 5) is 26.9. The van der Waals surface area contributed by atoms with Crippen molar-refractivity contribution >= 4 is 33.9 Å². The van der Waals surface area contributed by atoms with Gasteiger partial charge in [-0.25, -0.2) is 9.97 Å². The second kappa shape index (κ2) is 7.00. The smallest absolute Gasteiger partial charge is 0.262 e. The third-order valence-corrected chi connectivity index (χ3v) is 7.29. The molecule has 1 aliphatic carbocycles. The highest BCUT2D eigenvalue weighted by molar-refractivity contribution is 7.18. The standard InChI is InChI=1S/C20H26N6OS/c1-25-7-9-26(10-8-25)16-12-15(21-13-22-16)23-17-11-14-18(28-17)19(27)24-20(14)5-3-2-4-6-20/h11-13H,2-10H2,1H3,(H,24,27)(H,21,22,23). The first kappa shape index (κ1) is 17.9. The molecule has 1 spiro atoms. The van der Waals surface area contributed by atoms with Gasteiger partial charge in [0.15, 0.2) is 0 Å². The molecule has 5 rings (SSSR count). The highest BCUT2D eigenvalue weighted by Gasteiger charge is 2.45. The van der Waals surface area contributed by atoms with Gasteiger partial charge in [0.1, 0.15) is 18.0 Å². The Morgan fingerprint density at radius 3 is 2.68 bits per heavy atom. The number of anilines is 3. The summed E-state index contributed by atoms with van der Waals surface area (Å²) in [7, 11) is 2.15. The van der Waals surface area contributed by atoms with E-state index in [9.17, 15) is 4.79 Å². The molecular formula is C20H26N6OS. The highest BCUT2D eigenvalue weighted by atomic mass is 32.1. The van der Waals surface area contributed by atoms with Crippen LogP contribution in [-0.4, -0.2) is 54.0 Å². The van der Waals surface area contributed by atoms with Gasteiger partial charge in [0.2, 0.25) is 0 Å². The van der Waals surface area contributed by atoms with E-state index in [1.54, 1.807) is 6.33 Å². The fraction of sp³-hybridized carbons (Fsp3) is 0.550. The van der Waals surface area contributed by atoms with Gasteiger partial charge in [-0.1, -0.05) is 19.3 Å². The third-order valence-electron chi connectivity index (χ3n) is 6.24. The topological polar surface area (TPSA) is 73.4 Å². The maximum atomic E-state index is 12.5. The predicted molar refractivity (Wildman–Crippen MR) is 112 cm³/mol. The van der Waals surface area contributed by atoms with Gasteiger partial charge in [-0.05, 0) is 26.0 Å². The molecule has 1 saturated carbocycles. The van der Waals surface area contributed by atoms with Crippen molar-refractivity contribution in [3.8, 4) is 0 Å². The zero-order valence-corrected chi connectivity index (χ0v) is 17.0. The van der Waals surface area contributed by atoms with E-state index >= 15 is 0 Å². The fourth-order valence-electron chi connectivity index (χ4n) is 4.62. The lowest BCUT2D eigenvalue weighted by Crippen LogP contribution is -2.44. The molecule has 1 amide bonds. The number of likely N-dealkylation sites (N-methyl/N-ethyl adjacent to an activating group) is 1. The Labute approximate surface area is 169 Å². The maximum absolute atomic E-state index is 12.5. The van der Waals surface area contributed by atoms with Gasteiger partial charge in [0.05, 0.1) is 15.4 Å². The second-order valence-corrected chi connectivity index (χ2v) is 9.18. The van der Waals surface area contributed by atoms with E-state index in [4.69, 9.17) is 0 Å². The molecule has 1 saturated heterocycles. The van der Waals surface area contributed by atoms with Crippen molar-refractivity contribution in [3.05, 3.63) is 28.9 Å². The lowest BCUT2D eigenvalue weighted by atomic mass is 9.78. The van der Waals surface area contributed by atoms with E-state index in [0.29, 0.717) is 0 Å². The lowest BCUT2D eigenvalue weighted by molar-refractivity contribution is 0.0912. The Balaban J connectivity index is 1.36. The van der Waals surface area contributed by atoms with E-state index in [1.807, 2.05) is 6.07 Å². The number of hydrogen-bond acceptors (Lipinski definition) is 7. The quantitative estimate of drug-likeness (QED) is 0.828. The Hall–Kier alpha value is -2.19. The van der Waals surface area contributed by atoms with Crippen LogP contribution in [0.4, 0.5) is 16.6 Å². The van der Waals surface area contributed by atoms with Gasteiger partial charge in [0.25, 0.3) is 5.91 Å². The summed E-state index contributed by atoms with van der Waals surface area (Å²) in [5.41, 5.74) is 1.04. The van der Waals surface area contributed by atoms with Crippen molar-refractivity contribution in [2.45, 2.75) is 37.6 Å². The van der Waals surface area contributed by atoms with Gasteiger partial charge < -0.3 is 20.4 Å². The number of nitrogens with one attached hydrogen (secondary N) is 2. The van der Waals surface area contributed by atoms with Crippen LogP contribution in [0.15, 0.2) is 18.5 Å². The van der Waals surface area contributed by atoms with Gasteiger partial charge in [0, 0.05) is 37.8 Å². The number of hydrogen-bond donors (Lipinski definition) is 2. The van der Waals surface area contributed by atoms with Crippen molar-refractivity contribution in [2.75, 3.05) is 43.4 Å². The minimum absolute atomic E-state index is 0.0794. The van der Waals surface area contributed by atoms with Crippen molar-refractivity contribution in [1.29, 1.82) is 0 Å². The van der Waals surface area contributed by atoms with Gasteiger partial charge >= 0.3 is 0 Å². The Bertz CT molecular complexity index is 883.